The molecule has 2 amide bonds. The molecule has 3 aliphatic heterocycles. The van der Waals surface area contributed by atoms with E-state index in [1.807, 2.05) is 0 Å². The van der Waals surface area contributed by atoms with Gasteiger partial charge in [0.2, 0.25) is 0 Å². The fraction of sp³-hybridized carbons (Fsp3) is 0.421. The predicted molar refractivity (Wildman–Crippen MR) is 92.9 cm³/mol. The molecule has 1 N–H and O–H groups in total. The van der Waals surface area contributed by atoms with Crippen LogP contribution in [0.15, 0.2) is 30.3 Å². The Bertz CT molecular complexity index is 957. The molecule has 4 rings (SSSR count). The molecule has 1 aromatic carbocycles. The van der Waals surface area contributed by atoms with Crippen molar-refractivity contribution >= 4 is 29.7 Å². The van der Waals surface area contributed by atoms with Crippen LogP contribution < -0.4 is 44.7 Å². The number of aliphatic carboxylic acids is 1. The van der Waals surface area contributed by atoms with Crippen LogP contribution in [0, 0.1) is 0 Å². The van der Waals surface area contributed by atoms with Gasteiger partial charge >= 0.3 is 53.2 Å². The third kappa shape index (κ3) is 4.18. The number of carbonyl (C=O) groups is 5. The Morgan fingerprint density at radius 1 is 1.06 bits per heavy atom. The first-order valence-corrected chi connectivity index (χ1v) is 9.43. The number of nitrogens with zero attached hydrogens (tertiary/aromatic N) is 1. The summed E-state index contributed by atoms with van der Waals surface area (Å²) in [5.74, 6) is -6.94. The predicted octanol–water partition coefficient (Wildman–Crippen LogP) is -4.86. The van der Waals surface area contributed by atoms with Gasteiger partial charge in [0.05, 0.1) is 12.8 Å². The average Bonchev–Trinajstić information content (AvgIpc) is 3.42. The number of cyclic esters (lactones) is 2. The monoisotopic (exact) mass is 456 g/mol. The SMILES string of the molecule is O=C1CCC(Oc2ccccc2)(C(=O)N[C@H]2CON(C3(C(=O)[O-])CCC(=O)O3)C2=O)O1.[Na+]. The molecule has 0 aliphatic carbocycles. The molecule has 3 aliphatic rings. The molecule has 3 fully saturated rings. The largest absolute Gasteiger partial charge is 1.00 e. The second-order valence-corrected chi connectivity index (χ2v) is 7.14. The van der Waals surface area contributed by atoms with Crippen LogP contribution in [-0.4, -0.2) is 58.9 Å². The molecule has 3 heterocycles. The van der Waals surface area contributed by atoms with Gasteiger partial charge in [-0.05, 0) is 12.1 Å². The summed E-state index contributed by atoms with van der Waals surface area (Å²) in [5.41, 5.74) is -2.41. The summed E-state index contributed by atoms with van der Waals surface area (Å²) in [6.45, 7) is -0.438. The van der Waals surface area contributed by atoms with Crippen LogP contribution in [0.5, 0.6) is 5.75 Å². The molecule has 1 aromatic rings. The van der Waals surface area contributed by atoms with Crippen molar-refractivity contribution < 1.29 is 77.7 Å². The maximum atomic E-state index is 13.0. The van der Waals surface area contributed by atoms with E-state index in [0.29, 0.717) is 5.06 Å². The Balaban J connectivity index is 0.00000289. The van der Waals surface area contributed by atoms with Gasteiger partial charge in [0.1, 0.15) is 24.4 Å². The van der Waals surface area contributed by atoms with Gasteiger partial charge < -0.3 is 29.4 Å². The Morgan fingerprint density at radius 2 is 1.72 bits per heavy atom. The number of carboxylic acids is 1. The average molecular weight is 456 g/mol. The van der Waals surface area contributed by atoms with E-state index in [9.17, 15) is 29.1 Å². The van der Waals surface area contributed by atoms with E-state index in [-0.39, 0.29) is 61.0 Å². The fourth-order valence-electron chi connectivity index (χ4n) is 3.52. The molecule has 0 aromatic heterocycles. The second kappa shape index (κ2) is 9.06. The summed E-state index contributed by atoms with van der Waals surface area (Å²) in [6, 6.07) is 6.83. The van der Waals surface area contributed by atoms with Gasteiger partial charge in [0.15, 0.2) is 0 Å². The topological polar surface area (TPSA) is 161 Å². The van der Waals surface area contributed by atoms with Crippen LogP contribution >= 0.6 is 0 Å². The van der Waals surface area contributed by atoms with Crippen LogP contribution in [0.3, 0.4) is 0 Å². The zero-order chi connectivity index (χ0) is 22.2. The number of hydrogen-bond acceptors (Lipinski definition) is 10. The van der Waals surface area contributed by atoms with Crippen molar-refractivity contribution in [3.8, 4) is 5.75 Å². The van der Waals surface area contributed by atoms with E-state index in [1.54, 1.807) is 30.3 Å². The molecule has 2 unspecified atom stereocenters. The molecule has 32 heavy (non-hydrogen) atoms. The number of benzene rings is 1. The standard InChI is InChI=1S/C19H18N2O10.Na/c22-13-6-8-18(30-13,17(26)27)21-15(24)12(10-28-21)20-16(25)19(9-7-14(23)31-19)29-11-4-2-1-3-5-11;/h1-5,12H,6-10H2,(H,20,25)(H,26,27);/q;+1/p-1/t12-,18?,19?;/m0./s1. The Morgan fingerprint density at radius 3 is 2.28 bits per heavy atom. The smallest absolute Gasteiger partial charge is 0.544 e. The molecule has 164 valence electrons. The van der Waals surface area contributed by atoms with E-state index in [1.165, 1.54) is 0 Å². The first-order valence-electron chi connectivity index (χ1n) is 9.43. The number of rotatable bonds is 6. The van der Waals surface area contributed by atoms with Crippen LogP contribution in [0.25, 0.3) is 0 Å². The Hall–Kier alpha value is -2.67. The summed E-state index contributed by atoms with van der Waals surface area (Å²) in [4.78, 5) is 65.6. The molecule has 0 bridgehead atoms. The van der Waals surface area contributed by atoms with Crippen LogP contribution in [0.4, 0.5) is 0 Å². The molecule has 3 saturated heterocycles. The molecule has 12 nitrogen and oxygen atoms in total. The normalized spacial score (nSPS) is 29.2. The zero-order valence-electron chi connectivity index (χ0n) is 17.0. The summed E-state index contributed by atoms with van der Waals surface area (Å²) < 4.78 is 15.6. The third-order valence-corrected chi connectivity index (χ3v) is 5.08. The van der Waals surface area contributed by atoms with Gasteiger partial charge in [0, 0.05) is 12.8 Å². The van der Waals surface area contributed by atoms with Gasteiger partial charge in [-0.1, -0.05) is 18.2 Å². The van der Waals surface area contributed by atoms with E-state index in [2.05, 4.69) is 5.32 Å². The fourth-order valence-corrected chi connectivity index (χ4v) is 3.52. The number of carbonyl (C=O) groups excluding carboxylic acids is 5. The molecule has 0 saturated carbocycles. The second-order valence-electron chi connectivity index (χ2n) is 7.14. The van der Waals surface area contributed by atoms with Crippen molar-refractivity contribution in [1.82, 2.24) is 10.4 Å². The van der Waals surface area contributed by atoms with Crippen LogP contribution in [-0.2, 0) is 38.3 Å². The van der Waals surface area contributed by atoms with Crippen molar-refractivity contribution in [2.45, 2.75) is 43.2 Å². The number of carboxylic acid groups (broad SMARTS) is 1. The number of para-hydroxylation sites is 1. The van der Waals surface area contributed by atoms with Crippen molar-refractivity contribution in [2.75, 3.05) is 6.61 Å². The molecular weight excluding hydrogens is 439 g/mol. The molecule has 13 heteroatoms. The molecular formula is C19H17N2NaO10. The first kappa shape index (κ1) is 24.0. The number of hydroxylamine groups is 2. The molecule has 0 spiro atoms. The molecule has 0 radical (unpaired) electrons. The number of nitrogens with one attached hydrogen (secondary N) is 1. The van der Waals surface area contributed by atoms with Gasteiger partial charge in [-0.25, -0.2) is 0 Å². The maximum absolute atomic E-state index is 13.0. The Kier molecular flexibility index (Phi) is 6.79. The maximum Gasteiger partial charge on any atom is 1.00 e. The van der Waals surface area contributed by atoms with Gasteiger partial charge in [-0.15, -0.1) is 0 Å². The Labute approximate surface area is 203 Å². The van der Waals surface area contributed by atoms with Crippen molar-refractivity contribution in [2.24, 2.45) is 0 Å². The summed E-state index contributed by atoms with van der Waals surface area (Å²) in [5, 5.41) is 14.4. The molecule has 3 atom stereocenters. The van der Waals surface area contributed by atoms with Crippen molar-refractivity contribution in [1.29, 1.82) is 0 Å². The first-order chi connectivity index (χ1) is 14.8. The number of esters is 2. The van der Waals surface area contributed by atoms with E-state index >= 15 is 0 Å². The minimum absolute atomic E-state index is 0. The third-order valence-electron chi connectivity index (χ3n) is 5.08. The van der Waals surface area contributed by atoms with Crippen LogP contribution in [0.1, 0.15) is 25.7 Å². The quantitative estimate of drug-likeness (QED) is 0.325. The zero-order valence-corrected chi connectivity index (χ0v) is 19.0. The van der Waals surface area contributed by atoms with E-state index < -0.39 is 53.9 Å². The van der Waals surface area contributed by atoms with Crippen LogP contribution in [0.2, 0.25) is 0 Å². The number of amides is 2. The summed E-state index contributed by atoms with van der Waals surface area (Å²) in [7, 11) is 0. The van der Waals surface area contributed by atoms with E-state index in [0.717, 1.165) is 0 Å². The van der Waals surface area contributed by atoms with Crippen molar-refractivity contribution in [3.63, 3.8) is 0 Å². The minimum atomic E-state index is -2.41. The van der Waals surface area contributed by atoms with Gasteiger partial charge in [-0.3, -0.25) is 24.0 Å². The number of hydrogen-bond donors (Lipinski definition) is 1. The number of ether oxygens (including phenoxy) is 3. The van der Waals surface area contributed by atoms with E-state index in [4.69, 9.17) is 19.0 Å². The summed E-state index contributed by atoms with van der Waals surface area (Å²) in [6.07, 6.45) is -0.786. The summed E-state index contributed by atoms with van der Waals surface area (Å²) >= 11 is 0. The van der Waals surface area contributed by atoms with Crippen molar-refractivity contribution in [3.05, 3.63) is 30.3 Å². The van der Waals surface area contributed by atoms with Gasteiger partial charge in [-0.2, -0.15) is 5.06 Å². The van der Waals surface area contributed by atoms with Gasteiger partial charge in [0.25, 0.3) is 11.6 Å². The minimum Gasteiger partial charge on any atom is -0.544 e.